The second-order valence-corrected chi connectivity index (χ2v) is 3.61. The molecule has 0 aliphatic rings. The predicted molar refractivity (Wildman–Crippen MR) is 46.8 cm³/mol. The third-order valence-electron chi connectivity index (χ3n) is 1.95. The first-order valence-electron chi connectivity index (χ1n) is 3.97. The Morgan fingerprint density at radius 3 is 2.77 bits per heavy atom. The summed E-state index contributed by atoms with van der Waals surface area (Å²) < 4.78 is 14.1. The zero-order valence-corrected chi connectivity index (χ0v) is 7.64. The first-order chi connectivity index (χ1) is 6.11. The van der Waals surface area contributed by atoms with Crippen molar-refractivity contribution in [2.24, 2.45) is 10.6 Å². The van der Waals surface area contributed by atoms with Gasteiger partial charge in [0.2, 0.25) is 0 Å². The molecule has 4 nitrogen and oxygen atoms in total. The van der Waals surface area contributed by atoms with Gasteiger partial charge in [0.1, 0.15) is 0 Å². The molecule has 0 aliphatic heterocycles. The lowest BCUT2D eigenvalue weighted by Gasteiger charge is -2.26. The maximum atomic E-state index is 12.6. The Morgan fingerprint density at radius 2 is 2.38 bits per heavy atom. The molecule has 1 unspecified atom stereocenters. The number of rotatable bonds is 4. The van der Waals surface area contributed by atoms with Gasteiger partial charge in [0.05, 0.1) is 13.0 Å². The van der Waals surface area contributed by atoms with Crippen LogP contribution in [0.1, 0.15) is 20.0 Å². The van der Waals surface area contributed by atoms with Crippen LogP contribution in [0.15, 0.2) is 23.9 Å². The molecule has 1 heterocycles. The fourth-order valence-corrected chi connectivity index (χ4v) is 1.08. The number of hydrogen-bond donors (Lipinski definition) is 0. The molecule has 0 radical (unpaired) electrons. The first kappa shape index (κ1) is 9.83. The summed E-state index contributed by atoms with van der Waals surface area (Å²) in [6.07, 6.45) is 3.86. The fourth-order valence-electron chi connectivity index (χ4n) is 1.08. The summed E-state index contributed by atoms with van der Waals surface area (Å²) in [5, 5.41) is 2.91. The van der Waals surface area contributed by atoms with E-state index in [0.717, 1.165) is 0 Å². The number of imidazole rings is 1. The molecule has 0 fully saturated rings. The molecule has 1 rings (SSSR count). The number of hydrogen-bond acceptors (Lipinski definition) is 3. The van der Waals surface area contributed by atoms with Crippen molar-refractivity contribution in [2.45, 2.75) is 20.0 Å². The first-order valence-corrected chi connectivity index (χ1v) is 3.97. The van der Waals surface area contributed by atoms with Gasteiger partial charge in [-0.1, -0.05) is 13.8 Å². The SMILES string of the molecule is CC(C)(CF)C(N=O)n1ccnc1. The van der Waals surface area contributed by atoms with Crippen molar-refractivity contribution in [3.63, 3.8) is 0 Å². The summed E-state index contributed by atoms with van der Waals surface area (Å²) in [5.74, 6) is 0. The van der Waals surface area contributed by atoms with Gasteiger partial charge in [0.15, 0.2) is 6.17 Å². The van der Waals surface area contributed by atoms with Crippen LogP contribution < -0.4 is 0 Å². The van der Waals surface area contributed by atoms with Crippen molar-refractivity contribution in [3.05, 3.63) is 23.6 Å². The largest absolute Gasteiger partial charge is 0.311 e. The zero-order chi connectivity index (χ0) is 9.90. The van der Waals surface area contributed by atoms with E-state index in [4.69, 9.17) is 0 Å². The van der Waals surface area contributed by atoms with Crippen LogP contribution in [0.4, 0.5) is 4.39 Å². The fraction of sp³-hybridized carbons (Fsp3) is 0.625. The van der Waals surface area contributed by atoms with E-state index in [1.54, 1.807) is 20.0 Å². The quantitative estimate of drug-likeness (QED) is 0.674. The lowest BCUT2D eigenvalue weighted by atomic mass is 9.91. The van der Waals surface area contributed by atoms with E-state index in [1.807, 2.05) is 0 Å². The van der Waals surface area contributed by atoms with Crippen LogP contribution in [-0.2, 0) is 0 Å². The molecule has 72 valence electrons. The lowest BCUT2D eigenvalue weighted by Crippen LogP contribution is -2.26. The molecule has 0 spiro atoms. The summed E-state index contributed by atoms with van der Waals surface area (Å²) in [7, 11) is 0. The number of nitroso groups, excluding NO2 is 1. The molecule has 5 heteroatoms. The van der Waals surface area contributed by atoms with E-state index in [2.05, 4.69) is 10.2 Å². The van der Waals surface area contributed by atoms with Gasteiger partial charge in [0, 0.05) is 17.8 Å². The Morgan fingerprint density at radius 1 is 1.69 bits per heavy atom. The number of halogens is 1. The molecule has 0 aromatic carbocycles. The van der Waals surface area contributed by atoms with Crippen LogP contribution in [0.3, 0.4) is 0 Å². The van der Waals surface area contributed by atoms with Gasteiger partial charge in [-0.15, -0.1) is 4.91 Å². The van der Waals surface area contributed by atoms with Gasteiger partial charge in [-0.2, -0.15) is 0 Å². The van der Waals surface area contributed by atoms with Crippen LogP contribution in [0.25, 0.3) is 0 Å². The Labute approximate surface area is 75.8 Å². The molecule has 0 saturated heterocycles. The Balaban J connectivity index is 2.92. The van der Waals surface area contributed by atoms with Crippen LogP contribution in [0.2, 0.25) is 0 Å². The highest BCUT2D eigenvalue weighted by molar-refractivity contribution is 4.87. The van der Waals surface area contributed by atoms with E-state index >= 15 is 0 Å². The number of aromatic nitrogens is 2. The highest BCUT2D eigenvalue weighted by atomic mass is 19.1. The topological polar surface area (TPSA) is 47.2 Å². The van der Waals surface area contributed by atoms with Gasteiger partial charge in [-0.25, -0.2) is 4.98 Å². The third-order valence-corrected chi connectivity index (χ3v) is 1.95. The van der Waals surface area contributed by atoms with Crippen molar-refractivity contribution in [1.29, 1.82) is 0 Å². The predicted octanol–water partition coefficient (Wildman–Crippen LogP) is 2.14. The average Bonchev–Trinajstić information content (AvgIpc) is 2.58. The number of alkyl halides is 1. The molecular formula is C8H12FN3O. The standard InChI is InChI=1S/C8H12FN3O/c1-8(2,5-9)7(11-13)12-4-3-10-6-12/h3-4,6-7H,5H2,1-2H3. The monoisotopic (exact) mass is 185 g/mol. The molecular weight excluding hydrogens is 173 g/mol. The van der Waals surface area contributed by atoms with E-state index in [0.29, 0.717) is 0 Å². The molecule has 0 N–H and O–H groups in total. The Bertz CT molecular complexity index is 271. The summed E-state index contributed by atoms with van der Waals surface area (Å²) in [5.41, 5.74) is -0.789. The minimum absolute atomic E-state index is 0.596. The Kier molecular flexibility index (Phi) is 2.75. The van der Waals surface area contributed by atoms with E-state index in [-0.39, 0.29) is 0 Å². The van der Waals surface area contributed by atoms with Gasteiger partial charge < -0.3 is 4.57 Å². The second kappa shape index (κ2) is 3.64. The van der Waals surface area contributed by atoms with Gasteiger partial charge in [-0.3, -0.25) is 4.39 Å². The molecule has 1 aromatic heterocycles. The zero-order valence-electron chi connectivity index (χ0n) is 7.64. The van der Waals surface area contributed by atoms with E-state index < -0.39 is 18.3 Å². The maximum absolute atomic E-state index is 12.6. The smallest absolute Gasteiger partial charge is 0.175 e. The molecule has 0 bridgehead atoms. The van der Waals surface area contributed by atoms with Crippen molar-refractivity contribution >= 4 is 0 Å². The third kappa shape index (κ3) is 1.91. The van der Waals surface area contributed by atoms with Gasteiger partial charge in [0.25, 0.3) is 0 Å². The van der Waals surface area contributed by atoms with Crippen LogP contribution in [0, 0.1) is 10.3 Å². The summed E-state index contributed by atoms with van der Waals surface area (Å²) >= 11 is 0. The van der Waals surface area contributed by atoms with Crippen molar-refractivity contribution in [1.82, 2.24) is 9.55 Å². The highest BCUT2D eigenvalue weighted by Crippen LogP contribution is 2.32. The van der Waals surface area contributed by atoms with Crippen molar-refractivity contribution in [2.75, 3.05) is 6.67 Å². The summed E-state index contributed by atoms with van der Waals surface area (Å²) in [4.78, 5) is 14.3. The van der Waals surface area contributed by atoms with Crippen LogP contribution >= 0.6 is 0 Å². The minimum atomic E-state index is -0.789. The van der Waals surface area contributed by atoms with Crippen molar-refractivity contribution < 1.29 is 4.39 Å². The maximum Gasteiger partial charge on any atom is 0.175 e. The molecule has 1 atom stereocenters. The Hall–Kier alpha value is -1.26. The van der Waals surface area contributed by atoms with E-state index in [1.165, 1.54) is 17.1 Å². The lowest BCUT2D eigenvalue weighted by molar-refractivity contribution is 0.165. The molecule has 0 amide bonds. The molecule has 0 aliphatic carbocycles. The molecule has 1 aromatic rings. The highest BCUT2D eigenvalue weighted by Gasteiger charge is 2.32. The van der Waals surface area contributed by atoms with Crippen LogP contribution in [-0.4, -0.2) is 16.2 Å². The average molecular weight is 185 g/mol. The van der Waals surface area contributed by atoms with Crippen LogP contribution in [0.5, 0.6) is 0 Å². The van der Waals surface area contributed by atoms with Crippen molar-refractivity contribution in [3.8, 4) is 0 Å². The normalized spacial score (nSPS) is 14.1. The number of nitrogens with zero attached hydrogens (tertiary/aromatic N) is 3. The van der Waals surface area contributed by atoms with E-state index in [9.17, 15) is 9.30 Å². The summed E-state index contributed by atoms with van der Waals surface area (Å²) in [6, 6.07) is 0. The molecule has 0 saturated carbocycles. The summed E-state index contributed by atoms with van der Waals surface area (Å²) in [6.45, 7) is 2.71. The minimum Gasteiger partial charge on any atom is -0.311 e. The second-order valence-electron chi connectivity index (χ2n) is 3.61. The molecule has 13 heavy (non-hydrogen) atoms. The van der Waals surface area contributed by atoms with Gasteiger partial charge in [-0.05, 0) is 5.18 Å². The van der Waals surface area contributed by atoms with Gasteiger partial charge >= 0.3 is 0 Å².